The molecule has 0 aromatic carbocycles. The molecule has 0 fully saturated rings. The summed E-state index contributed by atoms with van der Waals surface area (Å²) in [5.74, 6) is 0.721. The van der Waals surface area contributed by atoms with Crippen molar-refractivity contribution in [3.8, 4) is 0 Å². The van der Waals surface area contributed by atoms with Crippen LogP contribution in [0.4, 0.5) is 0 Å². The summed E-state index contributed by atoms with van der Waals surface area (Å²) in [6.45, 7) is 1.48. The monoisotopic (exact) mass is 166 g/mol. The molecule has 4 heteroatoms. The van der Waals surface area contributed by atoms with Gasteiger partial charge in [0.1, 0.15) is 0 Å². The Kier molecular flexibility index (Phi) is 9.44. The summed E-state index contributed by atoms with van der Waals surface area (Å²) < 4.78 is 13.4. The van der Waals surface area contributed by atoms with Crippen LogP contribution in [0, 0.1) is 0 Å². The molecule has 0 bridgehead atoms. The molecule has 0 unspecified atom stereocenters. The molecule has 0 amide bonds. The summed E-state index contributed by atoms with van der Waals surface area (Å²) in [5, 5.41) is 8.34. The second kappa shape index (κ2) is 9.23. The molecule has 0 radical (unpaired) electrons. The number of hydrogen-bond donors (Lipinski definition) is 2. The zero-order chi connectivity index (χ0) is 7.66. The highest BCUT2D eigenvalue weighted by Crippen LogP contribution is 1.94. The lowest BCUT2D eigenvalue weighted by Crippen LogP contribution is -1.99. The average Bonchev–Trinajstić information content (AvgIpc) is 1.97. The third-order valence-corrected chi connectivity index (χ3v) is 1.44. The van der Waals surface area contributed by atoms with E-state index in [1.165, 1.54) is 0 Å². The van der Waals surface area contributed by atoms with Gasteiger partial charge in [0.05, 0.1) is 0 Å². The fraction of sp³-hybridized carbons (Fsp3) is 1.00. The van der Waals surface area contributed by atoms with Gasteiger partial charge >= 0.3 is 0 Å². The predicted molar refractivity (Wildman–Crippen MR) is 42.2 cm³/mol. The van der Waals surface area contributed by atoms with Crippen LogP contribution in [0.2, 0.25) is 0 Å². The highest BCUT2D eigenvalue weighted by atomic mass is 32.2. The second-order valence-corrected chi connectivity index (χ2v) is 2.54. The van der Waals surface area contributed by atoms with E-state index < -0.39 is 0 Å². The molecule has 10 heavy (non-hydrogen) atoms. The van der Waals surface area contributed by atoms with Crippen molar-refractivity contribution in [2.24, 2.45) is 0 Å². The molecule has 0 aliphatic carbocycles. The van der Waals surface area contributed by atoms with Gasteiger partial charge in [-0.1, -0.05) is 0 Å². The molecule has 0 aromatic rings. The molecule has 0 aliphatic rings. The summed E-state index contributed by atoms with van der Waals surface area (Å²) >= 11 is 0.836. The Morgan fingerprint density at radius 2 is 1.90 bits per heavy atom. The Balaban J connectivity index is 2.65. The maximum absolute atomic E-state index is 8.34. The van der Waals surface area contributed by atoms with E-state index in [-0.39, 0.29) is 6.61 Å². The lowest BCUT2D eigenvalue weighted by molar-refractivity contribution is 0.117. The standard InChI is InChI=1S/C6H14O3S/c7-3-1-4-9-5-2-6-10-8/h7-8H,1-6H2. The summed E-state index contributed by atoms with van der Waals surface area (Å²) in [5.41, 5.74) is 0. The average molecular weight is 166 g/mol. The van der Waals surface area contributed by atoms with Crippen LogP contribution in [-0.4, -0.2) is 35.2 Å². The summed E-state index contributed by atoms with van der Waals surface area (Å²) in [6, 6.07) is 0. The SMILES string of the molecule is OCCCOCCCSO. The van der Waals surface area contributed by atoms with Crippen molar-refractivity contribution >= 4 is 12.0 Å². The van der Waals surface area contributed by atoms with Gasteiger partial charge in [-0.2, -0.15) is 0 Å². The fourth-order valence-electron chi connectivity index (χ4n) is 0.494. The van der Waals surface area contributed by atoms with E-state index in [4.69, 9.17) is 14.4 Å². The van der Waals surface area contributed by atoms with Crippen LogP contribution in [0.15, 0.2) is 0 Å². The minimum Gasteiger partial charge on any atom is -0.396 e. The largest absolute Gasteiger partial charge is 0.396 e. The molecule has 3 nitrogen and oxygen atoms in total. The molecule has 0 heterocycles. The predicted octanol–water partition coefficient (Wildman–Crippen LogP) is 0.982. The molecular formula is C6H14O3S. The molecule has 0 aromatic heterocycles. The topological polar surface area (TPSA) is 49.7 Å². The Hall–Kier alpha value is 0.230. The number of ether oxygens (including phenoxy) is 1. The maximum atomic E-state index is 8.34. The van der Waals surface area contributed by atoms with Crippen LogP contribution in [0.1, 0.15) is 12.8 Å². The van der Waals surface area contributed by atoms with Gasteiger partial charge in [-0.05, 0) is 24.9 Å². The Morgan fingerprint density at radius 3 is 2.50 bits per heavy atom. The number of hydrogen-bond acceptors (Lipinski definition) is 4. The van der Waals surface area contributed by atoms with E-state index in [1.807, 2.05) is 0 Å². The normalized spacial score (nSPS) is 10.2. The van der Waals surface area contributed by atoms with Crippen LogP contribution >= 0.6 is 12.0 Å². The molecule has 0 saturated carbocycles. The van der Waals surface area contributed by atoms with E-state index in [0.29, 0.717) is 19.6 Å². The van der Waals surface area contributed by atoms with Gasteiger partial charge in [-0.15, -0.1) is 0 Å². The van der Waals surface area contributed by atoms with E-state index in [9.17, 15) is 0 Å². The Labute approximate surface area is 65.6 Å². The van der Waals surface area contributed by atoms with Gasteiger partial charge in [0.25, 0.3) is 0 Å². The lowest BCUT2D eigenvalue weighted by atomic mass is 10.5. The first-order valence-electron chi connectivity index (χ1n) is 3.36. The highest BCUT2D eigenvalue weighted by Gasteiger charge is 1.87. The van der Waals surface area contributed by atoms with Crippen molar-refractivity contribution in [1.29, 1.82) is 0 Å². The number of aliphatic hydroxyl groups is 1. The third kappa shape index (κ3) is 8.23. The van der Waals surface area contributed by atoms with E-state index in [2.05, 4.69) is 0 Å². The smallest absolute Gasteiger partial charge is 0.0487 e. The molecular weight excluding hydrogens is 152 g/mol. The van der Waals surface area contributed by atoms with Crippen LogP contribution in [0.25, 0.3) is 0 Å². The molecule has 0 spiro atoms. The first kappa shape index (κ1) is 10.2. The molecule has 0 atom stereocenters. The van der Waals surface area contributed by atoms with Gasteiger partial charge in [0, 0.05) is 25.6 Å². The minimum absolute atomic E-state index is 0.189. The summed E-state index contributed by atoms with van der Waals surface area (Å²) in [7, 11) is 0. The van der Waals surface area contributed by atoms with Crippen molar-refractivity contribution in [2.75, 3.05) is 25.6 Å². The Morgan fingerprint density at radius 1 is 1.20 bits per heavy atom. The van der Waals surface area contributed by atoms with Gasteiger partial charge < -0.3 is 14.4 Å². The highest BCUT2D eigenvalue weighted by molar-refractivity contribution is 7.93. The van der Waals surface area contributed by atoms with Crippen molar-refractivity contribution in [3.05, 3.63) is 0 Å². The molecule has 0 rings (SSSR count). The van der Waals surface area contributed by atoms with Gasteiger partial charge in [0.2, 0.25) is 0 Å². The van der Waals surface area contributed by atoms with Crippen molar-refractivity contribution in [1.82, 2.24) is 0 Å². The van der Waals surface area contributed by atoms with Crippen LogP contribution in [0.3, 0.4) is 0 Å². The summed E-state index contributed by atoms with van der Waals surface area (Å²) in [6.07, 6.45) is 1.57. The summed E-state index contributed by atoms with van der Waals surface area (Å²) in [4.78, 5) is 0. The third-order valence-electron chi connectivity index (χ3n) is 0.971. The van der Waals surface area contributed by atoms with E-state index >= 15 is 0 Å². The first-order valence-corrected chi connectivity index (χ1v) is 4.31. The first-order chi connectivity index (χ1) is 4.91. The van der Waals surface area contributed by atoms with Crippen LogP contribution in [0.5, 0.6) is 0 Å². The van der Waals surface area contributed by atoms with Crippen molar-refractivity contribution in [3.63, 3.8) is 0 Å². The fourth-order valence-corrected chi connectivity index (χ4v) is 0.741. The van der Waals surface area contributed by atoms with Gasteiger partial charge in [-0.3, -0.25) is 0 Å². The van der Waals surface area contributed by atoms with Crippen LogP contribution < -0.4 is 0 Å². The zero-order valence-electron chi connectivity index (χ0n) is 5.95. The van der Waals surface area contributed by atoms with Gasteiger partial charge in [-0.25, -0.2) is 0 Å². The van der Waals surface area contributed by atoms with Crippen molar-refractivity contribution in [2.45, 2.75) is 12.8 Å². The van der Waals surface area contributed by atoms with Crippen molar-refractivity contribution < 1.29 is 14.4 Å². The molecule has 0 aliphatic heterocycles. The molecule has 62 valence electrons. The molecule has 2 N–H and O–H groups in total. The van der Waals surface area contributed by atoms with Crippen LogP contribution in [-0.2, 0) is 4.74 Å². The quantitative estimate of drug-likeness (QED) is 0.437. The van der Waals surface area contributed by atoms with Gasteiger partial charge in [0.15, 0.2) is 0 Å². The van der Waals surface area contributed by atoms with E-state index in [1.54, 1.807) is 0 Å². The maximum Gasteiger partial charge on any atom is 0.0487 e. The minimum atomic E-state index is 0.189. The second-order valence-electron chi connectivity index (χ2n) is 1.88. The van der Waals surface area contributed by atoms with E-state index in [0.717, 1.165) is 24.2 Å². The molecule has 0 saturated heterocycles. The lowest BCUT2D eigenvalue weighted by Gasteiger charge is -1.99. The Bertz CT molecular complexity index is 53.0. The zero-order valence-corrected chi connectivity index (χ0v) is 6.77. The number of rotatable bonds is 7. The number of aliphatic hydroxyl groups excluding tert-OH is 1.